The minimum Gasteiger partial charge on any atom is -0.394 e. The molecule has 1 aromatic carbocycles. The van der Waals surface area contributed by atoms with Crippen molar-refractivity contribution >= 4 is 39.3 Å². The normalized spacial score (nSPS) is 29.8. The number of amides is 3. The first-order chi connectivity index (χ1) is 19.6. The average molecular weight is 631 g/mol. The van der Waals surface area contributed by atoms with Crippen LogP contribution in [0.3, 0.4) is 0 Å². The molecule has 41 heavy (non-hydrogen) atoms. The van der Waals surface area contributed by atoms with Crippen molar-refractivity contribution in [2.75, 3.05) is 24.6 Å². The minimum atomic E-state index is -1.20. The SMILES string of the molecule is C=CCN(C(=O)[C@H]1[C@@H]2OC3(CC2Br)C(C(=O)N(CC=C)C(C)CCC)N([C@@H](CO)C(C)C)C(=O)[C@H]13)c1ccccc1. The van der Waals surface area contributed by atoms with E-state index in [4.69, 9.17) is 4.74 Å². The van der Waals surface area contributed by atoms with Crippen LogP contribution >= 0.6 is 15.9 Å². The van der Waals surface area contributed by atoms with Gasteiger partial charge < -0.3 is 24.5 Å². The lowest BCUT2D eigenvalue weighted by atomic mass is 9.70. The summed E-state index contributed by atoms with van der Waals surface area (Å²) in [6, 6.07) is 7.67. The number of alkyl halides is 1. The number of aliphatic hydroxyl groups is 1. The number of benzene rings is 1. The third-order valence-electron chi connectivity index (χ3n) is 9.05. The second kappa shape index (κ2) is 12.8. The molecule has 3 aliphatic heterocycles. The van der Waals surface area contributed by atoms with E-state index in [2.05, 4.69) is 36.0 Å². The average Bonchev–Trinajstić information content (AvgIpc) is 3.54. The van der Waals surface area contributed by atoms with Gasteiger partial charge >= 0.3 is 0 Å². The summed E-state index contributed by atoms with van der Waals surface area (Å²) >= 11 is 3.76. The molecule has 3 heterocycles. The number of fused-ring (bicyclic) bond motifs is 1. The van der Waals surface area contributed by atoms with Gasteiger partial charge in [-0.05, 0) is 37.8 Å². The van der Waals surface area contributed by atoms with Crippen LogP contribution in [0.25, 0.3) is 0 Å². The van der Waals surface area contributed by atoms with Gasteiger partial charge in [0.25, 0.3) is 0 Å². The first-order valence-electron chi connectivity index (χ1n) is 14.7. The van der Waals surface area contributed by atoms with Gasteiger partial charge in [0, 0.05) is 29.6 Å². The van der Waals surface area contributed by atoms with Gasteiger partial charge in [0.1, 0.15) is 11.6 Å². The summed E-state index contributed by atoms with van der Waals surface area (Å²) in [5, 5.41) is 10.5. The standard InChI is InChI=1S/C32H44BrN3O5/c1-7-13-21(6)34(16-8-2)31(40)28-32-18-23(33)27(41-32)25(26(32)30(39)36(28)24(19-37)20(4)5)29(38)35(17-9-3)22-14-11-10-12-15-22/h8-12,14-15,20-21,23-28,37H,2-3,7,13,16-19H2,1,4-6H3/t21?,23?,24-,25+,26-,27+,28?,32?/m0/s1. The molecule has 1 aromatic rings. The van der Waals surface area contributed by atoms with E-state index in [1.807, 2.05) is 51.1 Å². The van der Waals surface area contributed by atoms with E-state index in [9.17, 15) is 19.5 Å². The molecule has 4 unspecified atom stereocenters. The Morgan fingerprint density at radius 1 is 1.17 bits per heavy atom. The molecule has 0 saturated carbocycles. The number of para-hydroxylation sites is 1. The smallest absolute Gasteiger partial charge is 0.248 e. The third kappa shape index (κ3) is 5.30. The zero-order valence-electron chi connectivity index (χ0n) is 24.6. The predicted molar refractivity (Wildman–Crippen MR) is 164 cm³/mol. The molecule has 0 aliphatic carbocycles. The van der Waals surface area contributed by atoms with Crippen LogP contribution in [0, 0.1) is 17.8 Å². The van der Waals surface area contributed by atoms with E-state index in [-0.39, 0.29) is 47.7 Å². The van der Waals surface area contributed by atoms with Gasteiger partial charge in [0.2, 0.25) is 17.7 Å². The van der Waals surface area contributed by atoms with E-state index in [0.717, 1.165) is 12.8 Å². The van der Waals surface area contributed by atoms with Crippen molar-refractivity contribution in [2.45, 2.75) is 81.6 Å². The summed E-state index contributed by atoms with van der Waals surface area (Å²) in [5.74, 6) is -2.52. The molecule has 3 amide bonds. The van der Waals surface area contributed by atoms with E-state index < -0.39 is 35.6 Å². The fourth-order valence-electron chi connectivity index (χ4n) is 7.20. The Hall–Kier alpha value is -2.49. The van der Waals surface area contributed by atoms with Gasteiger partial charge in [-0.3, -0.25) is 14.4 Å². The summed E-state index contributed by atoms with van der Waals surface area (Å²) in [6.45, 7) is 16.0. The van der Waals surface area contributed by atoms with Gasteiger partial charge in [0.05, 0.1) is 30.6 Å². The zero-order valence-corrected chi connectivity index (χ0v) is 26.2. The molecule has 1 N–H and O–H groups in total. The summed E-state index contributed by atoms with van der Waals surface area (Å²) in [6.07, 6.45) is 4.90. The Kier molecular flexibility index (Phi) is 9.81. The maximum atomic E-state index is 14.6. The van der Waals surface area contributed by atoms with Crippen molar-refractivity contribution in [1.82, 2.24) is 9.80 Å². The Bertz CT molecular complexity index is 1150. The van der Waals surface area contributed by atoms with Crippen LogP contribution in [-0.2, 0) is 19.1 Å². The summed E-state index contributed by atoms with van der Waals surface area (Å²) < 4.78 is 6.73. The summed E-state index contributed by atoms with van der Waals surface area (Å²) in [4.78, 5) is 48.3. The fraction of sp³-hybridized carbons (Fsp3) is 0.594. The van der Waals surface area contributed by atoms with Gasteiger partial charge in [-0.2, -0.15) is 0 Å². The number of anilines is 1. The number of hydrogen-bond donors (Lipinski definition) is 1. The Morgan fingerprint density at radius 3 is 2.39 bits per heavy atom. The van der Waals surface area contributed by atoms with Gasteiger partial charge in [0.15, 0.2) is 0 Å². The molecule has 2 bridgehead atoms. The molecule has 8 nitrogen and oxygen atoms in total. The number of likely N-dealkylation sites (tertiary alicyclic amines) is 1. The molecule has 3 fully saturated rings. The topological polar surface area (TPSA) is 90.4 Å². The highest BCUT2D eigenvalue weighted by Crippen LogP contribution is 2.61. The van der Waals surface area contributed by atoms with Crippen molar-refractivity contribution in [3.05, 3.63) is 55.6 Å². The highest BCUT2D eigenvalue weighted by atomic mass is 79.9. The first kappa shape index (κ1) is 31.4. The molecule has 0 radical (unpaired) electrons. The zero-order chi connectivity index (χ0) is 30.1. The number of rotatable bonds is 13. The Morgan fingerprint density at radius 2 is 1.83 bits per heavy atom. The number of hydrogen-bond acceptors (Lipinski definition) is 5. The first-order valence-corrected chi connectivity index (χ1v) is 15.6. The summed E-state index contributed by atoms with van der Waals surface area (Å²) in [7, 11) is 0. The molecule has 0 aromatic heterocycles. The third-order valence-corrected chi connectivity index (χ3v) is 9.90. The van der Waals surface area contributed by atoms with Crippen LogP contribution in [0.4, 0.5) is 5.69 Å². The predicted octanol–water partition coefficient (Wildman–Crippen LogP) is 4.17. The second-order valence-corrected chi connectivity index (χ2v) is 13.1. The van der Waals surface area contributed by atoms with Crippen LogP contribution in [0.1, 0.15) is 47.0 Å². The highest BCUT2D eigenvalue weighted by molar-refractivity contribution is 9.09. The van der Waals surface area contributed by atoms with E-state index >= 15 is 0 Å². The lowest BCUT2D eigenvalue weighted by molar-refractivity contribution is -0.153. The Labute approximate surface area is 252 Å². The van der Waals surface area contributed by atoms with Crippen LogP contribution < -0.4 is 4.90 Å². The lowest BCUT2D eigenvalue weighted by Crippen LogP contribution is -2.61. The number of carbonyl (C=O) groups excluding carboxylic acids is 3. The molecule has 1 spiro atoms. The fourth-order valence-corrected chi connectivity index (χ4v) is 8.15. The number of aliphatic hydroxyl groups excluding tert-OH is 1. The van der Waals surface area contributed by atoms with Crippen LogP contribution in [0.2, 0.25) is 0 Å². The Balaban J connectivity index is 1.84. The lowest BCUT2D eigenvalue weighted by Gasteiger charge is -2.42. The maximum Gasteiger partial charge on any atom is 0.248 e. The van der Waals surface area contributed by atoms with E-state index in [1.165, 1.54) is 0 Å². The highest BCUT2D eigenvalue weighted by Gasteiger charge is 2.77. The number of ether oxygens (including phenoxy) is 1. The van der Waals surface area contributed by atoms with E-state index in [1.54, 1.807) is 26.9 Å². The molecular weight excluding hydrogens is 586 g/mol. The number of carbonyl (C=O) groups is 3. The molecular formula is C32H44BrN3O5. The van der Waals surface area contributed by atoms with Gasteiger partial charge in [-0.15, -0.1) is 13.2 Å². The van der Waals surface area contributed by atoms with Crippen LogP contribution in [-0.4, -0.2) is 87.0 Å². The largest absolute Gasteiger partial charge is 0.394 e. The quantitative estimate of drug-likeness (QED) is 0.261. The molecule has 9 heteroatoms. The molecule has 8 atom stereocenters. The maximum absolute atomic E-state index is 14.6. The molecule has 3 aliphatic rings. The van der Waals surface area contributed by atoms with Crippen LogP contribution in [0.5, 0.6) is 0 Å². The monoisotopic (exact) mass is 629 g/mol. The molecule has 3 saturated heterocycles. The van der Waals surface area contributed by atoms with Gasteiger partial charge in [-0.1, -0.05) is 73.5 Å². The van der Waals surface area contributed by atoms with Crippen molar-refractivity contribution in [3.63, 3.8) is 0 Å². The molecule has 4 rings (SSSR count). The summed E-state index contributed by atoms with van der Waals surface area (Å²) in [5.41, 5.74) is -0.492. The minimum absolute atomic E-state index is 0.0820. The van der Waals surface area contributed by atoms with Crippen molar-refractivity contribution < 1.29 is 24.2 Å². The number of halogens is 1. The number of nitrogens with zero attached hydrogens (tertiary/aromatic N) is 3. The molecule has 224 valence electrons. The van der Waals surface area contributed by atoms with Crippen molar-refractivity contribution in [2.24, 2.45) is 17.8 Å². The van der Waals surface area contributed by atoms with Crippen LogP contribution in [0.15, 0.2) is 55.6 Å². The van der Waals surface area contributed by atoms with E-state index in [0.29, 0.717) is 18.7 Å². The van der Waals surface area contributed by atoms with Gasteiger partial charge in [-0.25, -0.2) is 0 Å². The second-order valence-electron chi connectivity index (χ2n) is 11.9. The van der Waals surface area contributed by atoms with Crippen molar-refractivity contribution in [1.29, 1.82) is 0 Å². The van der Waals surface area contributed by atoms with Crippen molar-refractivity contribution in [3.8, 4) is 0 Å².